The molecule has 0 saturated carbocycles. The standard InChI is InChI=1S/C17H16N2OS/c1-17(2)8-14-12(15(20)9-17)5-6-19(14)11-3-4-13-16(7-11)21-10-18-13/h3-7,10H,8-9H2,1-2H3. The van der Waals surface area contributed by atoms with Crippen molar-refractivity contribution < 1.29 is 4.79 Å². The van der Waals surface area contributed by atoms with Gasteiger partial charge in [-0.1, -0.05) is 13.8 Å². The molecule has 0 spiro atoms. The lowest BCUT2D eigenvalue weighted by Crippen LogP contribution is -2.27. The first kappa shape index (κ1) is 12.8. The summed E-state index contributed by atoms with van der Waals surface area (Å²) in [5.41, 5.74) is 6.07. The van der Waals surface area contributed by atoms with Crippen LogP contribution in [0.5, 0.6) is 0 Å². The molecular formula is C17H16N2OS. The van der Waals surface area contributed by atoms with Crippen LogP contribution in [-0.2, 0) is 6.42 Å². The number of ketones is 1. The van der Waals surface area contributed by atoms with Gasteiger partial charge in [0.05, 0.1) is 15.7 Å². The van der Waals surface area contributed by atoms with E-state index in [4.69, 9.17) is 0 Å². The average Bonchev–Trinajstić information content (AvgIpc) is 3.02. The molecule has 3 nitrogen and oxygen atoms in total. The summed E-state index contributed by atoms with van der Waals surface area (Å²) in [6.45, 7) is 4.33. The molecule has 2 aromatic heterocycles. The number of hydrogen-bond donors (Lipinski definition) is 0. The van der Waals surface area contributed by atoms with E-state index in [1.807, 2.05) is 23.8 Å². The van der Waals surface area contributed by atoms with E-state index in [-0.39, 0.29) is 11.2 Å². The molecule has 1 aliphatic carbocycles. The Hall–Kier alpha value is -1.94. The van der Waals surface area contributed by atoms with Crippen LogP contribution in [0.1, 0.15) is 36.3 Å². The van der Waals surface area contributed by atoms with Crippen LogP contribution < -0.4 is 0 Å². The molecular weight excluding hydrogens is 280 g/mol. The fourth-order valence-electron chi connectivity index (χ4n) is 3.18. The van der Waals surface area contributed by atoms with Gasteiger partial charge in [0.1, 0.15) is 0 Å². The van der Waals surface area contributed by atoms with Gasteiger partial charge in [-0.15, -0.1) is 11.3 Å². The molecule has 0 N–H and O–H groups in total. The predicted molar refractivity (Wildman–Crippen MR) is 85.4 cm³/mol. The zero-order chi connectivity index (χ0) is 14.6. The topological polar surface area (TPSA) is 34.9 Å². The smallest absolute Gasteiger partial charge is 0.165 e. The highest BCUT2D eigenvalue weighted by atomic mass is 32.1. The van der Waals surface area contributed by atoms with E-state index in [0.717, 1.165) is 28.9 Å². The molecule has 0 atom stereocenters. The molecule has 21 heavy (non-hydrogen) atoms. The lowest BCUT2D eigenvalue weighted by Gasteiger charge is -2.29. The summed E-state index contributed by atoms with van der Waals surface area (Å²) in [7, 11) is 0. The molecule has 4 rings (SSSR count). The maximum atomic E-state index is 12.3. The summed E-state index contributed by atoms with van der Waals surface area (Å²) in [6, 6.07) is 8.24. The molecule has 0 radical (unpaired) electrons. The fourth-order valence-corrected chi connectivity index (χ4v) is 3.89. The third kappa shape index (κ3) is 2.02. The Bertz CT molecular complexity index is 857. The zero-order valence-corrected chi connectivity index (χ0v) is 12.9. The summed E-state index contributed by atoms with van der Waals surface area (Å²) in [4.78, 5) is 16.6. The van der Waals surface area contributed by atoms with Gasteiger partial charge in [0.15, 0.2) is 5.78 Å². The van der Waals surface area contributed by atoms with Crippen molar-refractivity contribution in [2.75, 3.05) is 0 Å². The molecule has 0 amide bonds. The number of carbonyl (C=O) groups excluding carboxylic acids is 1. The molecule has 0 saturated heterocycles. The third-order valence-electron chi connectivity index (χ3n) is 4.17. The van der Waals surface area contributed by atoms with Crippen LogP contribution in [0.15, 0.2) is 36.0 Å². The number of hydrogen-bond acceptors (Lipinski definition) is 3. The molecule has 0 fully saturated rings. The van der Waals surface area contributed by atoms with Crippen LogP contribution in [0, 0.1) is 5.41 Å². The highest BCUT2D eigenvalue weighted by molar-refractivity contribution is 7.16. The Balaban J connectivity index is 1.88. The molecule has 3 aromatic rings. The minimum atomic E-state index is 0.0365. The van der Waals surface area contributed by atoms with Gasteiger partial charge in [-0.25, -0.2) is 4.98 Å². The number of rotatable bonds is 1. The van der Waals surface area contributed by atoms with Crippen LogP contribution in [0.25, 0.3) is 15.9 Å². The summed E-state index contributed by atoms with van der Waals surface area (Å²) < 4.78 is 3.34. The number of benzene rings is 1. The molecule has 0 unspecified atom stereocenters. The Kier molecular flexibility index (Phi) is 2.60. The summed E-state index contributed by atoms with van der Waals surface area (Å²) in [5.74, 6) is 0.263. The monoisotopic (exact) mass is 296 g/mol. The van der Waals surface area contributed by atoms with Crippen LogP contribution in [0.2, 0.25) is 0 Å². The largest absolute Gasteiger partial charge is 0.320 e. The lowest BCUT2D eigenvalue weighted by molar-refractivity contribution is 0.0911. The predicted octanol–water partition coefficient (Wildman–Crippen LogP) is 4.24. The minimum absolute atomic E-state index is 0.0365. The second-order valence-electron chi connectivity index (χ2n) is 6.49. The maximum Gasteiger partial charge on any atom is 0.165 e. The summed E-state index contributed by atoms with van der Waals surface area (Å²) in [6.07, 6.45) is 3.59. The van der Waals surface area contributed by atoms with Crippen molar-refractivity contribution >= 4 is 27.3 Å². The summed E-state index contributed by atoms with van der Waals surface area (Å²) in [5, 5.41) is 0. The molecule has 1 aliphatic rings. The maximum absolute atomic E-state index is 12.3. The van der Waals surface area contributed by atoms with Gasteiger partial charge in [-0.2, -0.15) is 0 Å². The van der Waals surface area contributed by atoms with Gasteiger partial charge in [-0.3, -0.25) is 4.79 Å². The van der Waals surface area contributed by atoms with E-state index in [1.165, 1.54) is 4.70 Å². The first-order chi connectivity index (χ1) is 10.0. The van der Waals surface area contributed by atoms with Crippen molar-refractivity contribution in [1.29, 1.82) is 0 Å². The number of fused-ring (bicyclic) bond motifs is 2. The van der Waals surface area contributed by atoms with Crippen LogP contribution in [0.3, 0.4) is 0 Å². The van der Waals surface area contributed by atoms with Gasteiger partial charge in [0.25, 0.3) is 0 Å². The number of Topliss-reactive ketones (excluding diaryl/α,β-unsaturated/α-hetero) is 1. The second kappa shape index (κ2) is 4.28. The van der Waals surface area contributed by atoms with Gasteiger partial charge in [0.2, 0.25) is 0 Å². The van der Waals surface area contributed by atoms with E-state index < -0.39 is 0 Å². The van der Waals surface area contributed by atoms with Crippen LogP contribution in [0.4, 0.5) is 0 Å². The minimum Gasteiger partial charge on any atom is -0.320 e. The fraction of sp³-hybridized carbons (Fsp3) is 0.294. The highest BCUT2D eigenvalue weighted by Crippen LogP contribution is 2.36. The van der Waals surface area contributed by atoms with Crippen LogP contribution in [-0.4, -0.2) is 15.3 Å². The first-order valence-corrected chi connectivity index (χ1v) is 7.99. The second-order valence-corrected chi connectivity index (χ2v) is 7.38. The number of aromatic nitrogens is 2. The highest BCUT2D eigenvalue weighted by Gasteiger charge is 2.33. The van der Waals surface area contributed by atoms with Gasteiger partial charge >= 0.3 is 0 Å². The molecule has 1 aromatic carbocycles. The summed E-state index contributed by atoms with van der Waals surface area (Å²) >= 11 is 1.65. The third-order valence-corrected chi connectivity index (χ3v) is 4.96. The lowest BCUT2D eigenvalue weighted by atomic mass is 9.76. The Morgan fingerprint density at radius 2 is 2.10 bits per heavy atom. The van der Waals surface area contributed by atoms with Crippen molar-refractivity contribution in [3.63, 3.8) is 0 Å². The zero-order valence-electron chi connectivity index (χ0n) is 12.1. The Morgan fingerprint density at radius 3 is 2.95 bits per heavy atom. The SMILES string of the molecule is CC1(C)CC(=O)c2ccn(-c3ccc4ncsc4c3)c2C1. The Morgan fingerprint density at radius 1 is 1.24 bits per heavy atom. The Labute approximate surface area is 127 Å². The molecule has 0 aliphatic heterocycles. The van der Waals surface area contributed by atoms with E-state index >= 15 is 0 Å². The normalized spacial score (nSPS) is 17.1. The van der Waals surface area contributed by atoms with Gasteiger partial charge < -0.3 is 4.57 Å². The quantitative estimate of drug-likeness (QED) is 0.673. The van der Waals surface area contributed by atoms with Crippen molar-refractivity contribution in [2.45, 2.75) is 26.7 Å². The first-order valence-electron chi connectivity index (χ1n) is 7.11. The van der Waals surface area contributed by atoms with Crippen molar-refractivity contribution in [2.24, 2.45) is 5.41 Å². The van der Waals surface area contributed by atoms with E-state index in [0.29, 0.717) is 6.42 Å². The van der Waals surface area contributed by atoms with Crippen molar-refractivity contribution in [1.82, 2.24) is 9.55 Å². The molecule has 4 heteroatoms. The van der Waals surface area contributed by atoms with E-state index in [1.54, 1.807) is 11.3 Å². The molecule has 106 valence electrons. The number of thiazole rings is 1. The van der Waals surface area contributed by atoms with Crippen molar-refractivity contribution in [3.05, 3.63) is 47.2 Å². The van der Waals surface area contributed by atoms with Crippen molar-refractivity contribution in [3.8, 4) is 5.69 Å². The number of nitrogens with zero attached hydrogens (tertiary/aromatic N) is 2. The van der Waals surface area contributed by atoms with Gasteiger partial charge in [-0.05, 0) is 36.1 Å². The number of carbonyl (C=O) groups is 1. The van der Waals surface area contributed by atoms with Gasteiger partial charge in [0, 0.05) is 29.6 Å². The molecule has 2 heterocycles. The molecule has 0 bridgehead atoms. The average molecular weight is 296 g/mol. The van der Waals surface area contributed by atoms with Crippen LogP contribution >= 0.6 is 11.3 Å². The van der Waals surface area contributed by atoms with E-state index in [2.05, 4.69) is 35.5 Å². The van der Waals surface area contributed by atoms with E-state index in [9.17, 15) is 4.79 Å².